The molecule has 0 spiro atoms. The van der Waals surface area contributed by atoms with Gasteiger partial charge in [-0.1, -0.05) is 6.07 Å². The molecule has 0 aliphatic carbocycles. The Kier molecular flexibility index (Phi) is 6.69. The van der Waals surface area contributed by atoms with E-state index in [1.54, 1.807) is 20.1 Å². The standard InChI is InChI=1S/C20H24N2O6/c1-12-6-7-16(9-18(12)22(25)26)20(24)28-11-19(23)17-8-13(2)21(15(17)4)14(3)10-27-5/h6-9,14H,10-11H2,1-5H3/t14-/m1/s1. The Bertz CT molecular complexity index is 916. The van der Waals surface area contributed by atoms with Crippen LogP contribution in [0.25, 0.3) is 0 Å². The van der Waals surface area contributed by atoms with Crippen molar-refractivity contribution in [3.63, 3.8) is 0 Å². The van der Waals surface area contributed by atoms with Gasteiger partial charge < -0.3 is 14.0 Å². The number of nitro groups is 1. The fourth-order valence-electron chi connectivity index (χ4n) is 3.28. The van der Waals surface area contributed by atoms with Gasteiger partial charge in [0, 0.05) is 35.7 Å². The number of Topliss-reactive ketones (excluding diaryl/α,β-unsaturated/α-hetero) is 1. The van der Waals surface area contributed by atoms with E-state index in [4.69, 9.17) is 9.47 Å². The van der Waals surface area contributed by atoms with Crippen molar-refractivity contribution >= 4 is 17.4 Å². The largest absolute Gasteiger partial charge is 0.454 e. The molecule has 150 valence electrons. The first kappa shape index (κ1) is 21.3. The monoisotopic (exact) mass is 388 g/mol. The minimum atomic E-state index is -0.780. The van der Waals surface area contributed by atoms with Crippen molar-refractivity contribution < 1.29 is 24.0 Å². The van der Waals surface area contributed by atoms with Gasteiger partial charge in [0.2, 0.25) is 5.78 Å². The third kappa shape index (κ3) is 4.45. The molecule has 0 aliphatic heterocycles. The lowest BCUT2D eigenvalue weighted by atomic mass is 10.1. The summed E-state index contributed by atoms with van der Waals surface area (Å²) in [5.41, 5.74) is 2.46. The molecule has 2 rings (SSSR count). The minimum absolute atomic E-state index is 0.0317. The summed E-state index contributed by atoms with van der Waals surface area (Å²) in [7, 11) is 1.62. The SMILES string of the molecule is COC[C@@H](C)n1c(C)cc(C(=O)COC(=O)c2ccc(C)c([N+](=O)[O-])c2)c1C. The molecule has 0 fully saturated rings. The van der Waals surface area contributed by atoms with Crippen LogP contribution >= 0.6 is 0 Å². The summed E-state index contributed by atoms with van der Waals surface area (Å²) >= 11 is 0. The number of hydrogen-bond acceptors (Lipinski definition) is 6. The summed E-state index contributed by atoms with van der Waals surface area (Å²) in [6.07, 6.45) is 0. The normalized spacial score (nSPS) is 11.9. The smallest absolute Gasteiger partial charge is 0.338 e. The first-order valence-electron chi connectivity index (χ1n) is 8.80. The summed E-state index contributed by atoms with van der Waals surface area (Å²) < 4.78 is 12.3. The maximum Gasteiger partial charge on any atom is 0.338 e. The van der Waals surface area contributed by atoms with E-state index in [1.165, 1.54) is 12.1 Å². The number of rotatable bonds is 8. The zero-order valence-corrected chi connectivity index (χ0v) is 16.6. The average molecular weight is 388 g/mol. The molecule has 28 heavy (non-hydrogen) atoms. The Morgan fingerprint density at radius 3 is 2.50 bits per heavy atom. The van der Waals surface area contributed by atoms with Crippen LogP contribution in [0.15, 0.2) is 24.3 Å². The minimum Gasteiger partial charge on any atom is -0.454 e. The Hall–Kier alpha value is -3.00. The first-order chi connectivity index (χ1) is 13.2. The number of nitrogens with zero attached hydrogens (tertiary/aromatic N) is 2. The molecule has 0 amide bonds. The molecule has 0 N–H and O–H groups in total. The number of benzene rings is 1. The van der Waals surface area contributed by atoms with Crippen molar-refractivity contribution in [2.24, 2.45) is 0 Å². The van der Waals surface area contributed by atoms with Crippen molar-refractivity contribution in [1.29, 1.82) is 0 Å². The van der Waals surface area contributed by atoms with Gasteiger partial charge in [-0.05, 0) is 39.8 Å². The number of carbonyl (C=O) groups excluding carboxylic acids is 2. The fourth-order valence-corrected chi connectivity index (χ4v) is 3.28. The van der Waals surface area contributed by atoms with Gasteiger partial charge in [-0.15, -0.1) is 0 Å². The first-order valence-corrected chi connectivity index (χ1v) is 8.80. The van der Waals surface area contributed by atoms with E-state index in [0.29, 0.717) is 17.7 Å². The quantitative estimate of drug-likeness (QED) is 0.297. The molecule has 2 aromatic rings. The van der Waals surface area contributed by atoms with Crippen LogP contribution in [-0.4, -0.2) is 41.6 Å². The molecule has 8 nitrogen and oxygen atoms in total. The molecule has 1 heterocycles. The number of nitro benzene ring substituents is 1. The molecule has 0 aliphatic rings. The van der Waals surface area contributed by atoms with Crippen LogP contribution in [0, 0.1) is 30.9 Å². The molecule has 0 saturated carbocycles. The zero-order valence-electron chi connectivity index (χ0n) is 16.6. The number of aromatic nitrogens is 1. The maximum atomic E-state index is 12.5. The van der Waals surface area contributed by atoms with Crippen molar-refractivity contribution in [2.75, 3.05) is 20.3 Å². The zero-order chi connectivity index (χ0) is 21.0. The highest BCUT2D eigenvalue weighted by Gasteiger charge is 2.21. The molecule has 1 atom stereocenters. The van der Waals surface area contributed by atoms with Gasteiger partial charge in [0.25, 0.3) is 5.69 Å². The number of aryl methyl sites for hydroxylation is 2. The Balaban J connectivity index is 2.12. The average Bonchev–Trinajstić information content (AvgIpc) is 2.94. The van der Waals surface area contributed by atoms with Gasteiger partial charge in [0.1, 0.15) is 0 Å². The van der Waals surface area contributed by atoms with E-state index >= 15 is 0 Å². The van der Waals surface area contributed by atoms with E-state index in [-0.39, 0.29) is 23.1 Å². The Labute approximate surface area is 163 Å². The second-order valence-corrected chi connectivity index (χ2v) is 6.72. The van der Waals surface area contributed by atoms with Crippen molar-refractivity contribution in [3.05, 3.63) is 62.5 Å². The van der Waals surface area contributed by atoms with Crippen LogP contribution in [0.1, 0.15) is 50.6 Å². The van der Waals surface area contributed by atoms with Crippen LogP contribution in [0.4, 0.5) is 5.69 Å². The molecule has 1 aromatic carbocycles. The lowest BCUT2D eigenvalue weighted by molar-refractivity contribution is -0.385. The topological polar surface area (TPSA) is 101 Å². The van der Waals surface area contributed by atoms with Crippen LogP contribution in [-0.2, 0) is 9.47 Å². The van der Waals surface area contributed by atoms with E-state index < -0.39 is 17.5 Å². The summed E-state index contributed by atoms with van der Waals surface area (Å²) in [4.78, 5) is 35.2. The van der Waals surface area contributed by atoms with Crippen LogP contribution in [0.3, 0.4) is 0 Å². The second kappa shape index (κ2) is 8.79. The van der Waals surface area contributed by atoms with Crippen molar-refractivity contribution in [2.45, 2.75) is 33.7 Å². The number of carbonyl (C=O) groups is 2. The van der Waals surface area contributed by atoms with Crippen molar-refractivity contribution in [3.8, 4) is 0 Å². The third-order valence-corrected chi connectivity index (χ3v) is 4.61. The number of hydrogen-bond donors (Lipinski definition) is 0. The predicted octanol–water partition coefficient (Wildman–Crippen LogP) is 3.57. The van der Waals surface area contributed by atoms with Crippen LogP contribution in [0.2, 0.25) is 0 Å². The lowest BCUT2D eigenvalue weighted by Crippen LogP contribution is -2.17. The molecular weight excluding hydrogens is 364 g/mol. The van der Waals surface area contributed by atoms with E-state index in [2.05, 4.69) is 0 Å². The summed E-state index contributed by atoms with van der Waals surface area (Å²) in [6.45, 7) is 7.36. The van der Waals surface area contributed by atoms with Gasteiger partial charge in [0.05, 0.1) is 23.1 Å². The number of methoxy groups -OCH3 is 1. The maximum absolute atomic E-state index is 12.5. The summed E-state index contributed by atoms with van der Waals surface area (Å²) in [5, 5.41) is 11.0. The molecular formula is C20H24N2O6. The molecule has 0 saturated heterocycles. The molecule has 8 heteroatoms. The Morgan fingerprint density at radius 1 is 1.21 bits per heavy atom. The molecule has 1 aromatic heterocycles. The van der Waals surface area contributed by atoms with Gasteiger partial charge >= 0.3 is 5.97 Å². The second-order valence-electron chi connectivity index (χ2n) is 6.72. The van der Waals surface area contributed by atoms with E-state index in [1.807, 2.05) is 25.3 Å². The Morgan fingerprint density at radius 2 is 1.89 bits per heavy atom. The molecule has 0 unspecified atom stereocenters. The van der Waals surface area contributed by atoms with Gasteiger partial charge in [-0.3, -0.25) is 14.9 Å². The van der Waals surface area contributed by atoms with E-state index in [9.17, 15) is 19.7 Å². The highest BCUT2D eigenvalue weighted by molar-refractivity contribution is 6.00. The van der Waals surface area contributed by atoms with Gasteiger partial charge in [-0.25, -0.2) is 4.79 Å². The fraction of sp³-hybridized carbons (Fsp3) is 0.400. The van der Waals surface area contributed by atoms with Crippen LogP contribution < -0.4 is 0 Å². The van der Waals surface area contributed by atoms with Gasteiger partial charge in [-0.2, -0.15) is 0 Å². The van der Waals surface area contributed by atoms with Gasteiger partial charge in [0.15, 0.2) is 6.61 Å². The highest BCUT2D eigenvalue weighted by atomic mass is 16.6. The number of ketones is 1. The lowest BCUT2D eigenvalue weighted by Gasteiger charge is -2.17. The highest BCUT2D eigenvalue weighted by Crippen LogP contribution is 2.22. The third-order valence-electron chi connectivity index (χ3n) is 4.61. The summed E-state index contributed by atoms with van der Waals surface area (Å²) in [6, 6.07) is 5.88. The van der Waals surface area contributed by atoms with Crippen LogP contribution in [0.5, 0.6) is 0 Å². The summed E-state index contributed by atoms with van der Waals surface area (Å²) in [5.74, 6) is -1.11. The molecule has 0 bridgehead atoms. The van der Waals surface area contributed by atoms with E-state index in [0.717, 1.165) is 17.5 Å². The molecule has 0 radical (unpaired) electrons. The van der Waals surface area contributed by atoms with Crippen molar-refractivity contribution in [1.82, 2.24) is 4.57 Å². The number of ether oxygens (including phenoxy) is 2. The number of esters is 1. The predicted molar refractivity (Wildman–Crippen MR) is 103 cm³/mol.